The average molecular weight is 484 g/mol. The summed E-state index contributed by atoms with van der Waals surface area (Å²) < 4.78 is 2.31. The van der Waals surface area contributed by atoms with E-state index in [-0.39, 0.29) is 29.9 Å². The maximum Gasteiger partial charge on any atom is 0.227 e. The van der Waals surface area contributed by atoms with Crippen molar-refractivity contribution in [2.75, 3.05) is 4.90 Å². The van der Waals surface area contributed by atoms with E-state index in [4.69, 9.17) is 0 Å². The summed E-state index contributed by atoms with van der Waals surface area (Å²) in [4.78, 5) is 13.6. The number of hydrogen-bond donors (Lipinski definition) is 0. The number of aryl methyl sites for hydroxylation is 1. The van der Waals surface area contributed by atoms with Gasteiger partial charge in [0, 0.05) is 42.4 Å². The van der Waals surface area contributed by atoms with Crippen LogP contribution < -0.4 is 33.4 Å². The number of allylic oxidation sites excluding steroid dienone is 2. The summed E-state index contributed by atoms with van der Waals surface area (Å²) in [6.45, 7) is 4.66. The molecule has 0 spiro atoms. The number of fused-ring (bicyclic) bond motifs is 1. The molecule has 3 aromatic rings. The van der Waals surface area contributed by atoms with E-state index in [1.165, 1.54) is 16.6 Å². The number of halogens is 1. The summed E-state index contributed by atoms with van der Waals surface area (Å²) in [6.07, 6.45) is 8.86. The van der Waals surface area contributed by atoms with Crippen LogP contribution in [0.1, 0.15) is 26.0 Å². The van der Waals surface area contributed by atoms with Gasteiger partial charge in [-0.25, -0.2) is 0 Å². The lowest BCUT2D eigenvalue weighted by Crippen LogP contribution is -3.00. The third kappa shape index (κ3) is 5.29. The second kappa shape index (κ2) is 10.8. The van der Waals surface area contributed by atoms with Crippen LogP contribution in [0, 0.1) is 0 Å². The number of amides is 1. The fraction of sp³-hybridized carbons (Fsp3) is 0.167. The molecule has 0 aliphatic rings. The first-order valence-electron chi connectivity index (χ1n) is 9.30. The molecule has 3 nitrogen and oxygen atoms in total. The van der Waals surface area contributed by atoms with Gasteiger partial charge in [0.15, 0.2) is 0 Å². The van der Waals surface area contributed by atoms with Crippen molar-refractivity contribution < 1.29 is 33.3 Å². The Morgan fingerprint density at radius 3 is 2.39 bits per heavy atom. The van der Waals surface area contributed by atoms with Crippen molar-refractivity contribution in [1.82, 2.24) is 0 Å². The van der Waals surface area contributed by atoms with E-state index in [2.05, 4.69) is 60.0 Å². The molecule has 0 fully saturated rings. The molecule has 144 valence electrons. The number of carbonyl (C=O) groups is 1. The number of rotatable bonds is 6. The maximum absolute atomic E-state index is 11.9. The van der Waals surface area contributed by atoms with Crippen molar-refractivity contribution >= 4 is 28.6 Å². The van der Waals surface area contributed by atoms with Crippen molar-refractivity contribution in [3.8, 4) is 0 Å². The van der Waals surface area contributed by atoms with Crippen LogP contribution in [-0.4, -0.2) is 5.91 Å². The molecule has 1 heterocycles. The van der Waals surface area contributed by atoms with Gasteiger partial charge in [0.2, 0.25) is 17.1 Å². The minimum Gasteiger partial charge on any atom is -1.00 e. The highest BCUT2D eigenvalue weighted by molar-refractivity contribution is 5.93. The summed E-state index contributed by atoms with van der Waals surface area (Å²) >= 11 is 0. The van der Waals surface area contributed by atoms with Gasteiger partial charge >= 0.3 is 0 Å². The quantitative estimate of drug-likeness (QED) is 0.389. The van der Waals surface area contributed by atoms with E-state index >= 15 is 0 Å². The minimum atomic E-state index is -0.000200. The van der Waals surface area contributed by atoms with Crippen molar-refractivity contribution in [1.29, 1.82) is 0 Å². The van der Waals surface area contributed by atoms with E-state index < -0.39 is 0 Å². The summed E-state index contributed by atoms with van der Waals surface area (Å²) in [5.41, 5.74) is 3.30. The normalized spacial score (nSPS) is 11.1. The molecular formula is C24H25IN2O. The topological polar surface area (TPSA) is 24.2 Å². The first kappa shape index (κ1) is 21.8. The number of carbonyl (C=O) groups excluding carboxylic acids is 1. The number of benzene rings is 2. The molecule has 3 rings (SSSR count). The monoisotopic (exact) mass is 484 g/mol. The predicted molar refractivity (Wildman–Crippen MR) is 112 cm³/mol. The molecule has 0 saturated heterocycles. The lowest BCUT2D eigenvalue weighted by atomic mass is 10.1. The Morgan fingerprint density at radius 1 is 0.964 bits per heavy atom. The second-order valence-corrected chi connectivity index (χ2v) is 6.31. The van der Waals surface area contributed by atoms with E-state index in [1.54, 1.807) is 11.8 Å². The highest BCUT2D eigenvalue weighted by Gasteiger charge is 2.10. The third-order valence-corrected chi connectivity index (χ3v) is 4.48. The zero-order valence-corrected chi connectivity index (χ0v) is 18.4. The first-order valence-corrected chi connectivity index (χ1v) is 9.30. The summed E-state index contributed by atoms with van der Waals surface area (Å²) in [5.74, 6) is -0.000200. The number of hydrogen-bond acceptors (Lipinski definition) is 1. The SMILES string of the molecule is CC[n+]1c(/C=C/C/C=C/N(C(C)=O)c2ccccc2)ccc2ccccc21.[I-]. The Labute approximate surface area is 184 Å². The molecular weight excluding hydrogens is 459 g/mol. The van der Waals surface area contributed by atoms with Gasteiger partial charge in [0.25, 0.3) is 0 Å². The predicted octanol–water partition coefficient (Wildman–Crippen LogP) is 2.12. The smallest absolute Gasteiger partial charge is 0.227 e. The molecule has 0 N–H and O–H groups in total. The number of anilines is 1. The van der Waals surface area contributed by atoms with Crippen LogP contribution >= 0.6 is 0 Å². The summed E-state index contributed by atoms with van der Waals surface area (Å²) in [5, 5.41) is 1.25. The molecule has 2 aromatic carbocycles. The zero-order chi connectivity index (χ0) is 19.1. The van der Waals surface area contributed by atoms with E-state index in [1.807, 2.05) is 42.6 Å². The van der Waals surface area contributed by atoms with Gasteiger partial charge < -0.3 is 24.0 Å². The van der Waals surface area contributed by atoms with E-state index in [0.717, 1.165) is 18.7 Å². The van der Waals surface area contributed by atoms with Crippen LogP contribution in [0.4, 0.5) is 5.69 Å². The zero-order valence-electron chi connectivity index (χ0n) is 16.3. The summed E-state index contributed by atoms with van der Waals surface area (Å²) in [6, 6.07) is 22.4. The molecule has 0 unspecified atom stereocenters. The van der Waals surface area contributed by atoms with Gasteiger partial charge in [0.05, 0.1) is 0 Å². The standard InChI is InChI=1S/C24H25N2O.HI/c1-3-25-23(18-17-21-12-9-10-16-24(21)25)15-8-5-11-19-26(20(2)27)22-13-6-4-7-14-22;/h4,6-19H,3,5H2,1-2H3;1H/q+1;/p-1/b15-8+,19-11+;. The molecule has 4 heteroatoms. The number of pyridine rings is 1. The van der Waals surface area contributed by atoms with Crippen molar-refractivity contribution in [3.63, 3.8) is 0 Å². The van der Waals surface area contributed by atoms with Gasteiger partial charge in [-0.3, -0.25) is 9.69 Å². The molecule has 0 radical (unpaired) electrons. The Morgan fingerprint density at radius 2 is 1.68 bits per heavy atom. The van der Waals surface area contributed by atoms with E-state index in [0.29, 0.717) is 0 Å². The van der Waals surface area contributed by atoms with Gasteiger partial charge in [-0.1, -0.05) is 42.5 Å². The van der Waals surface area contributed by atoms with Crippen LogP contribution in [0.25, 0.3) is 17.0 Å². The fourth-order valence-corrected chi connectivity index (χ4v) is 3.17. The van der Waals surface area contributed by atoms with Crippen LogP contribution in [0.3, 0.4) is 0 Å². The lowest BCUT2D eigenvalue weighted by Gasteiger charge is -2.15. The van der Waals surface area contributed by atoms with Gasteiger partial charge in [-0.15, -0.1) is 0 Å². The molecule has 1 amide bonds. The first-order chi connectivity index (χ1) is 13.2. The molecule has 0 saturated carbocycles. The van der Waals surface area contributed by atoms with Gasteiger partial charge in [-0.2, -0.15) is 4.57 Å². The third-order valence-electron chi connectivity index (χ3n) is 4.48. The largest absolute Gasteiger partial charge is 1.00 e. The lowest BCUT2D eigenvalue weighted by molar-refractivity contribution is -0.669. The molecule has 28 heavy (non-hydrogen) atoms. The number of nitrogens with zero attached hydrogens (tertiary/aromatic N) is 2. The van der Waals surface area contributed by atoms with Crippen molar-refractivity contribution in [3.05, 3.63) is 90.8 Å². The molecule has 0 atom stereocenters. The maximum atomic E-state index is 11.9. The van der Waals surface area contributed by atoms with Gasteiger partial charge in [-0.05, 0) is 37.6 Å². The van der Waals surface area contributed by atoms with Gasteiger partial charge in [0.1, 0.15) is 6.54 Å². The molecule has 0 aliphatic heterocycles. The van der Waals surface area contributed by atoms with Crippen LogP contribution in [0.15, 0.2) is 85.1 Å². The van der Waals surface area contributed by atoms with E-state index in [9.17, 15) is 4.79 Å². The molecule has 0 bridgehead atoms. The highest BCUT2D eigenvalue weighted by atomic mass is 127. The van der Waals surface area contributed by atoms with Crippen LogP contribution in [-0.2, 0) is 11.3 Å². The number of para-hydroxylation sites is 2. The Bertz CT molecular complexity index is 980. The van der Waals surface area contributed by atoms with Crippen molar-refractivity contribution in [2.45, 2.75) is 26.8 Å². The Hall–Kier alpha value is -2.47. The average Bonchev–Trinajstić information content (AvgIpc) is 2.70. The van der Waals surface area contributed by atoms with Crippen LogP contribution in [0.5, 0.6) is 0 Å². The molecule has 1 aromatic heterocycles. The second-order valence-electron chi connectivity index (χ2n) is 6.31. The summed E-state index contributed by atoms with van der Waals surface area (Å²) in [7, 11) is 0. The highest BCUT2D eigenvalue weighted by Crippen LogP contribution is 2.14. The number of aromatic nitrogens is 1. The minimum absolute atomic E-state index is 0. The van der Waals surface area contributed by atoms with Crippen molar-refractivity contribution in [2.24, 2.45) is 0 Å². The Balaban J connectivity index is 0.00000280. The Kier molecular flexibility index (Phi) is 8.39. The van der Waals surface area contributed by atoms with Crippen LogP contribution in [0.2, 0.25) is 0 Å². The fourth-order valence-electron chi connectivity index (χ4n) is 3.17. The molecule has 0 aliphatic carbocycles.